The van der Waals surface area contributed by atoms with E-state index in [2.05, 4.69) is 29.8 Å². The molecule has 3 fully saturated rings. The summed E-state index contributed by atoms with van der Waals surface area (Å²) < 4.78 is 95.6. The molecule has 2 aliphatic carbocycles. The molecule has 3 unspecified atom stereocenters. The van der Waals surface area contributed by atoms with Gasteiger partial charge in [-0.3, -0.25) is 4.55 Å². The van der Waals surface area contributed by atoms with Crippen LogP contribution in [-0.2, 0) is 30.2 Å². The fraction of sp³-hybridized carbons (Fsp3) is 0.550. The van der Waals surface area contributed by atoms with Crippen LogP contribution in [0.25, 0.3) is 22.1 Å². The van der Waals surface area contributed by atoms with Crippen molar-refractivity contribution in [2.75, 3.05) is 36.2 Å². The lowest BCUT2D eigenvalue weighted by atomic mass is 9.79. The van der Waals surface area contributed by atoms with E-state index in [0.29, 0.717) is 49.7 Å². The normalized spacial score (nSPS) is 26.4. The highest BCUT2D eigenvalue weighted by molar-refractivity contribution is 7.90. The summed E-state index contributed by atoms with van der Waals surface area (Å²) >= 11 is 0. The largest absolute Gasteiger partial charge is 0.388 e. The number of hydrogen-bond acceptors (Lipinski definition) is 13. The highest BCUT2D eigenvalue weighted by Crippen LogP contribution is 2.44. The zero-order valence-corrected chi connectivity index (χ0v) is 36.6. The summed E-state index contributed by atoms with van der Waals surface area (Å²) in [6.45, 7) is 3.29. The molecule has 2 saturated carbocycles. The molecular formula is C40H53N9O8S3. The van der Waals surface area contributed by atoms with Crippen LogP contribution in [0.15, 0.2) is 66.3 Å². The molecule has 60 heavy (non-hydrogen) atoms. The molecule has 20 heteroatoms. The molecule has 3 atom stereocenters. The molecule has 0 bridgehead atoms. The van der Waals surface area contributed by atoms with Crippen molar-refractivity contribution < 1.29 is 34.9 Å². The van der Waals surface area contributed by atoms with Crippen molar-refractivity contribution >= 4 is 63.9 Å². The summed E-state index contributed by atoms with van der Waals surface area (Å²) in [6.07, 6.45) is 10.6. The van der Waals surface area contributed by atoms with Gasteiger partial charge in [-0.2, -0.15) is 12.7 Å². The van der Waals surface area contributed by atoms with Crippen LogP contribution in [0.4, 0.5) is 11.6 Å². The summed E-state index contributed by atoms with van der Waals surface area (Å²) in [7, 11) is -9.00. The average Bonchev–Trinajstić information content (AvgIpc) is 3.95. The Hall–Kier alpha value is -4.21. The van der Waals surface area contributed by atoms with Crippen molar-refractivity contribution in [1.29, 1.82) is 0 Å². The molecule has 3 N–H and O–H groups in total. The van der Waals surface area contributed by atoms with E-state index in [1.54, 1.807) is 30.3 Å². The van der Waals surface area contributed by atoms with Gasteiger partial charge in [0.2, 0.25) is 10.0 Å². The zero-order chi connectivity index (χ0) is 42.8. The van der Waals surface area contributed by atoms with Crippen molar-refractivity contribution in [2.24, 2.45) is 11.8 Å². The number of fused-ring (bicyclic) bond motifs is 2. The van der Waals surface area contributed by atoms with Crippen LogP contribution < -0.4 is 9.80 Å². The lowest BCUT2D eigenvalue weighted by Crippen LogP contribution is -2.58. The molecule has 5 heterocycles. The van der Waals surface area contributed by atoms with Crippen LogP contribution in [0.3, 0.4) is 0 Å². The number of nitrogens with zero attached hydrogens (tertiary/aromatic N) is 8. The number of rotatable bonds is 12. The zero-order valence-electron chi connectivity index (χ0n) is 34.2. The minimum absolute atomic E-state index is 0.0358. The van der Waals surface area contributed by atoms with Crippen molar-refractivity contribution in [3.63, 3.8) is 0 Å². The van der Waals surface area contributed by atoms with Crippen LogP contribution in [0, 0.1) is 18.8 Å². The van der Waals surface area contributed by atoms with E-state index in [4.69, 9.17) is 0 Å². The maximum absolute atomic E-state index is 14.3. The topological polar surface area (TPSA) is 225 Å². The second-order valence-corrected chi connectivity index (χ2v) is 22.5. The summed E-state index contributed by atoms with van der Waals surface area (Å²) in [4.78, 5) is 24.9. The molecule has 1 aromatic carbocycles. The van der Waals surface area contributed by atoms with Gasteiger partial charge in [0.15, 0.2) is 5.65 Å². The Morgan fingerprint density at radius 1 is 0.817 bits per heavy atom. The number of anilines is 2. The number of hydrogen-bond donors (Lipinski definition) is 3. The van der Waals surface area contributed by atoms with Gasteiger partial charge in [0.25, 0.3) is 20.1 Å². The van der Waals surface area contributed by atoms with Crippen LogP contribution in [0.1, 0.15) is 70.3 Å². The second kappa shape index (κ2) is 15.9. The molecule has 324 valence electrons. The van der Waals surface area contributed by atoms with Gasteiger partial charge in [0, 0.05) is 45.1 Å². The number of nitrogens with one attached hydrogen (secondary N) is 1. The maximum atomic E-state index is 14.3. The third kappa shape index (κ3) is 7.90. The molecule has 8 rings (SSSR count). The van der Waals surface area contributed by atoms with E-state index in [1.807, 2.05) is 38.2 Å². The monoisotopic (exact) mass is 883 g/mol. The first-order valence-corrected chi connectivity index (χ1v) is 25.0. The smallest absolute Gasteiger partial charge is 0.269 e. The van der Waals surface area contributed by atoms with Crippen LogP contribution in [0.2, 0.25) is 0 Å². The predicted molar refractivity (Wildman–Crippen MR) is 228 cm³/mol. The highest BCUT2D eigenvalue weighted by Gasteiger charge is 2.57. The van der Waals surface area contributed by atoms with Gasteiger partial charge in [-0.05, 0) is 108 Å². The maximum Gasteiger partial charge on any atom is 0.269 e. The Balaban J connectivity index is 0.952. The van der Waals surface area contributed by atoms with E-state index < -0.39 is 53.0 Å². The number of aromatic amines is 1. The van der Waals surface area contributed by atoms with Crippen molar-refractivity contribution in [1.82, 2.24) is 33.2 Å². The molecular weight excluding hydrogens is 831 g/mol. The Morgan fingerprint density at radius 2 is 1.42 bits per heavy atom. The summed E-state index contributed by atoms with van der Waals surface area (Å²) in [5.41, 5.74) is 0.204. The number of aromatic nitrogens is 6. The highest BCUT2D eigenvalue weighted by atomic mass is 32.2. The summed E-state index contributed by atoms with van der Waals surface area (Å²) in [6, 6.07) is 8.82. The minimum atomic E-state index is -4.83. The van der Waals surface area contributed by atoms with Crippen molar-refractivity contribution in [3.8, 4) is 0 Å². The molecule has 0 amide bonds. The van der Waals surface area contributed by atoms with Gasteiger partial charge in [-0.25, -0.2) is 40.7 Å². The van der Waals surface area contributed by atoms with Crippen molar-refractivity contribution in [3.05, 3.63) is 67.0 Å². The van der Waals surface area contributed by atoms with E-state index >= 15 is 0 Å². The standard InChI is InChI=1S/C40H53N9O8S3/c1-26-5-15-31(16-6-26)59(53,54)49-21-18-33-38(44-25-45-39(33)49)47(4)30-13-9-28(10-14-30)34(60(55,56)57)35-40(2,50)19-22-48(35)58(51,52)23-27-7-11-29(12-8-27)46(3)37-32-17-20-41-36(32)42-24-43-37/h5-6,15-18,20-21,24-25,27-30,34-35,50H,7-14,19,22-23H2,1-4H3,(H,41,42,43)(H,55,56,57). The SMILES string of the molecule is Cc1ccc(S(=O)(=O)n2ccc3c(N(C)C4CCC(C(C5N(S(=O)(=O)CC6CCC(N(C)c7ncnc8[nH]ccc78)CC6)CCC5(C)O)S(=O)(=O)O)CC4)ncnc32)cc1. The van der Waals surface area contributed by atoms with E-state index in [1.165, 1.54) is 30.1 Å². The number of benzene rings is 1. The van der Waals surface area contributed by atoms with E-state index in [-0.39, 0.29) is 47.3 Å². The molecule has 17 nitrogen and oxygen atoms in total. The lowest BCUT2D eigenvalue weighted by Gasteiger charge is -2.43. The van der Waals surface area contributed by atoms with Crippen LogP contribution in [-0.4, -0.2) is 123 Å². The number of sulfonamides is 1. The first-order valence-electron chi connectivity index (χ1n) is 20.4. The van der Waals surface area contributed by atoms with Gasteiger partial charge in [0.1, 0.15) is 35.2 Å². The van der Waals surface area contributed by atoms with Crippen LogP contribution in [0.5, 0.6) is 0 Å². The quantitative estimate of drug-likeness (QED) is 0.148. The van der Waals surface area contributed by atoms with Gasteiger partial charge >= 0.3 is 0 Å². The summed E-state index contributed by atoms with van der Waals surface area (Å²) in [5, 5.41) is 11.6. The molecule has 4 aromatic heterocycles. The second-order valence-electron chi connectivity index (χ2n) is 17.2. The molecule has 0 spiro atoms. The van der Waals surface area contributed by atoms with E-state index in [0.717, 1.165) is 39.2 Å². The number of aliphatic hydroxyl groups is 1. The first-order chi connectivity index (χ1) is 28.4. The number of H-pyrrole nitrogens is 1. The Morgan fingerprint density at radius 3 is 2.05 bits per heavy atom. The third-order valence-corrected chi connectivity index (χ3v) is 18.4. The van der Waals surface area contributed by atoms with Crippen molar-refractivity contribution in [2.45, 2.75) is 106 Å². The van der Waals surface area contributed by atoms with Crippen LogP contribution >= 0.6 is 0 Å². The lowest BCUT2D eigenvalue weighted by molar-refractivity contribution is 0.0231. The minimum Gasteiger partial charge on any atom is -0.388 e. The molecule has 1 aliphatic heterocycles. The average molecular weight is 884 g/mol. The first kappa shape index (κ1) is 42.5. The number of aryl methyl sites for hydroxylation is 1. The Kier molecular flexibility index (Phi) is 11.3. The fourth-order valence-corrected chi connectivity index (χ4v) is 15.1. The van der Waals surface area contributed by atoms with E-state index in [9.17, 15) is 34.9 Å². The van der Waals surface area contributed by atoms with Gasteiger partial charge < -0.3 is 19.9 Å². The Bertz CT molecular complexity index is 2690. The predicted octanol–water partition coefficient (Wildman–Crippen LogP) is 4.35. The Labute approximate surface area is 351 Å². The van der Waals surface area contributed by atoms with Gasteiger partial charge in [-0.15, -0.1) is 0 Å². The summed E-state index contributed by atoms with van der Waals surface area (Å²) in [5.74, 6) is 0.345. The molecule has 5 aromatic rings. The fourth-order valence-electron chi connectivity index (χ4n) is 10.0. The molecule has 3 aliphatic rings. The van der Waals surface area contributed by atoms with Gasteiger partial charge in [-0.1, -0.05) is 17.7 Å². The molecule has 0 radical (unpaired) electrons. The van der Waals surface area contributed by atoms with Gasteiger partial charge in [0.05, 0.1) is 33.1 Å². The third-order valence-electron chi connectivity index (χ3n) is 13.4. The molecule has 1 saturated heterocycles.